The van der Waals surface area contributed by atoms with Crippen LogP contribution in [0.1, 0.15) is 17.5 Å². The van der Waals surface area contributed by atoms with Gasteiger partial charge in [-0.05, 0) is 61.4 Å². The van der Waals surface area contributed by atoms with E-state index in [1.54, 1.807) is 33.1 Å². The van der Waals surface area contributed by atoms with E-state index in [2.05, 4.69) is 15.5 Å². The van der Waals surface area contributed by atoms with Crippen LogP contribution in [0.4, 0.5) is 11.4 Å². The van der Waals surface area contributed by atoms with Crippen molar-refractivity contribution in [3.63, 3.8) is 0 Å². The lowest BCUT2D eigenvalue weighted by molar-refractivity contribution is -0.116. The van der Waals surface area contributed by atoms with Gasteiger partial charge in [0.2, 0.25) is 15.9 Å². The number of sulfonamides is 1. The molecule has 1 aliphatic heterocycles. The Kier molecular flexibility index (Phi) is 7.76. The van der Waals surface area contributed by atoms with Crippen LogP contribution in [-0.2, 0) is 14.8 Å². The molecule has 1 amide bonds. The third-order valence-electron chi connectivity index (χ3n) is 5.62. The number of hydrogen-bond acceptors (Lipinski definition) is 6. The third kappa shape index (κ3) is 5.59. The molecule has 0 aliphatic carbocycles. The predicted octanol–water partition coefficient (Wildman–Crippen LogP) is 2.37. The average Bonchev–Trinajstić information content (AvgIpc) is 2.77. The molecule has 1 heterocycles. The molecule has 0 radical (unpaired) electrons. The summed E-state index contributed by atoms with van der Waals surface area (Å²) in [5, 5.41) is 6.17. The summed E-state index contributed by atoms with van der Waals surface area (Å²) in [5.41, 5.74) is 3.05. The smallest absolute Gasteiger partial charge is 0.243 e. The standard InChI is InChI=1S/C23H32N4O4S/c1-17-15-21(31-4)16-18(2)23(17)32(29,30)26(3)12-9-22(28)25-19-5-7-20(8-6-19)27-13-10-24-11-14-27/h5-8,15-16,24H,9-14H2,1-4H3,(H,25,28). The highest BCUT2D eigenvalue weighted by Crippen LogP contribution is 2.28. The number of methoxy groups -OCH3 is 1. The number of aryl methyl sites for hydroxylation is 2. The maximum Gasteiger partial charge on any atom is 0.243 e. The van der Waals surface area contributed by atoms with Crippen LogP contribution in [0.2, 0.25) is 0 Å². The molecule has 0 saturated carbocycles. The van der Waals surface area contributed by atoms with Crippen molar-refractivity contribution in [3.05, 3.63) is 47.5 Å². The lowest BCUT2D eigenvalue weighted by Crippen LogP contribution is -2.43. The molecule has 8 nitrogen and oxygen atoms in total. The minimum Gasteiger partial charge on any atom is -0.497 e. The van der Waals surface area contributed by atoms with Crippen molar-refractivity contribution in [1.82, 2.24) is 9.62 Å². The molecule has 0 atom stereocenters. The fourth-order valence-electron chi connectivity index (χ4n) is 3.87. The number of nitrogens with zero attached hydrogens (tertiary/aromatic N) is 2. The van der Waals surface area contributed by atoms with Gasteiger partial charge in [-0.15, -0.1) is 0 Å². The number of hydrogen-bond donors (Lipinski definition) is 2. The summed E-state index contributed by atoms with van der Waals surface area (Å²) in [6.45, 7) is 7.41. The molecule has 9 heteroatoms. The van der Waals surface area contributed by atoms with Crippen LogP contribution >= 0.6 is 0 Å². The van der Waals surface area contributed by atoms with Crippen molar-refractivity contribution in [3.8, 4) is 5.75 Å². The molecule has 32 heavy (non-hydrogen) atoms. The summed E-state index contributed by atoms with van der Waals surface area (Å²) in [4.78, 5) is 15.0. The van der Waals surface area contributed by atoms with Crippen molar-refractivity contribution in [2.45, 2.75) is 25.2 Å². The Morgan fingerprint density at radius 2 is 1.72 bits per heavy atom. The van der Waals surface area contributed by atoms with Gasteiger partial charge in [0, 0.05) is 57.6 Å². The fourth-order valence-corrected chi connectivity index (χ4v) is 5.45. The van der Waals surface area contributed by atoms with E-state index in [4.69, 9.17) is 4.74 Å². The first-order valence-corrected chi connectivity index (χ1v) is 12.1. The van der Waals surface area contributed by atoms with Gasteiger partial charge < -0.3 is 20.3 Å². The zero-order valence-electron chi connectivity index (χ0n) is 19.1. The molecule has 174 valence electrons. The Balaban J connectivity index is 1.58. The number of carbonyl (C=O) groups excluding carboxylic acids is 1. The molecule has 0 bridgehead atoms. The quantitative estimate of drug-likeness (QED) is 0.629. The summed E-state index contributed by atoms with van der Waals surface area (Å²) >= 11 is 0. The molecular weight excluding hydrogens is 428 g/mol. The first-order chi connectivity index (χ1) is 15.2. The van der Waals surface area contributed by atoms with Crippen LogP contribution in [0, 0.1) is 13.8 Å². The van der Waals surface area contributed by atoms with Crippen molar-refractivity contribution < 1.29 is 17.9 Å². The maximum absolute atomic E-state index is 13.1. The third-order valence-corrected chi connectivity index (χ3v) is 7.79. The van der Waals surface area contributed by atoms with E-state index in [1.165, 1.54) is 11.4 Å². The first kappa shape index (κ1) is 24.0. The summed E-state index contributed by atoms with van der Waals surface area (Å²) < 4.78 is 32.6. The van der Waals surface area contributed by atoms with Gasteiger partial charge in [0.15, 0.2) is 0 Å². The number of rotatable bonds is 8. The Labute approximate surface area is 190 Å². The molecule has 0 unspecified atom stereocenters. The van der Waals surface area contributed by atoms with Crippen LogP contribution < -0.4 is 20.3 Å². The largest absolute Gasteiger partial charge is 0.497 e. The number of amides is 1. The highest BCUT2D eigenvalue weighted by atomic mass is 32.2. The van der Waals surface area contributed by atoms with Gasteiger partial charge in [0.05, 0.1) is 12.0 Å². The highest BCUT2D eigenvalue weighted by molar-refractivity contribution is 7.89. The first-order valence-electron chi connectivity index (χ1n) is 10.7. The molecule has 1 aliphatic rings. The second-order valence-corrected chi connectivity index (χ2v) is 9.98. The van der Waals surface area contributed by atoms with Gasteiger partial charge in [0.1, 0.15) is 5.75 Å². The van der Waals surface area contributed by atoms with Gasteiger partial charge in [0.25, 0.3) is 0 Å². The monoisotopic (exact) mass is 460 g/mol. The number of nitrogens with one attached hydrogen (secondary N) is 2. The summed E-state index contributed by atoms with van der Waals surface area (Å²) in [7, 11) is -0.683. The molecule has 2 aromatic carbocycles. The fraction of sp³-hybridized carbons (Fsp3) is 0.435. The Morgan fingerprint density at radius 3 is 2.28 bits per heavy atom. The molecule has 3 rings (SSSR count). The summed E-state index contributed by atoms with van der Waals surface area (Å²) in [6.07, 6.45) is 0.0591. The maximum atomic E-state index is 13.1. The van der Waals surface area contributed by atoms with E-state index in [0.29, 0.717) is 22.6 Å². The van der Waals surface area contributed by atoms with E-state index in [-0.39, 0.29) is 23.8 Å². The zero-order valence-corrected chi connectivity index (χ0v) is 20.0. The Morgan fingerprint density at radius 1 is 1.12 bits per heavy atom. The topological polar surface area (TPSA) is 91.0 Å². The Hall–Kier alpha value is -2.62. The van der Waals surface area contributed by atoms with Crippen molar-refractivity contribution in [2.24, 2.45) is 0 Å². The SMILES string of the molecule is COc1cc(C)c(S(=O)(=O)N(C)CCC(=O)Nc2ccc(N3CCNCC3)cc2)c(C)c1. The van der Waals surface area contributed by atoms with E-state index in [1.807, 2.05) is 24.3 Å². The van der Waals surface area contributed by atoms with Crippen molar-refractivity contribution in [2.75, 3.05) is 57.1 Å². The summed E-state index contributed by atoms with van der Waals surface area (Å²) in [5.74, 6) is 0.383. The van der Waals surface area contributed by atoms with Gasteiger partial charge in [-0.3, -0.25) is 4.79 Å². The molecular formula is C23H32N4O4S. The van der Waals surface area contributed by atoms with Crippen LogP contribution in [0.25, 0.3) is 0 Å². The van der Waals surface area contributed by atoms with E-state index in [0.717, 1.165) is 31.9 Å². The molecule has 0 spiro atoms. The molecule has 2 aromatic rings. The lowest BCUT2D eigenvalue weighted by atomic mass is 10.1. The predicted molar refractivity (Wildman–Crippen MR) is 127 cm³/mol. The average molecular weight is 461 g/mol. The van der Waals surface area contributed by atoms with Crippen LogP contribution in [0.3, 0.4) is 0 Å². The second-order valence-electron chi connectivity index (χ2n) is 8.00. The molecule has 1 fully saturated rings. The van der Waals surface area contributed by atoms with Gasteiger partial charge >= 0.3 is 0 Å². The van der Waals surface area contributed by atoms with E-state index < -0.39 is 10.0 Å². The summed E-state index contributed by atoms with van der Waals surface area (Å²) in [6, 6.07) is 11.1. The molecule has 2 N–H and O–H groups in total. The van der Waals surface area contributed by atoms with Crippen molar-refractivity contribution in [1.29, 1.82) is 0 Å². The zero-order chi connectivity index (χ0) is 23.3. The van der Waals surface area contributed by atoms with Crippen molar-refractivity contribution >= 4 is 27.3 Å². The van der Waals surface area contributed by atoms with Gasteiger partial charge in [-0.25, -0.2) is 12.7 Å². The van der Waals surface area contributed by atoms with Crippen LogP contribution in [0.5, 0.6) is 5.75 Å². The lowest BCUT2D eigenvalue weighted by Gasteiger charge is -2.29. The van der Waals surface area contributed by atoms with Crippen LogP contribution in [0.15, 0.2) is 41.3 Å². The minimum atomic E-state index is -3.72. The minimum absolute atomic E-state index is 0.0591. The number of benzene rings is 2. The number of piperazine rings is 1. The number of ether oxygens (including phenoxy) is 1. The highest BCUT2D eigenvalue weighted by Gasteiger charge is 2.26. The molecule has 1 saturated heterocycles. The van der Waals surface area contributed by atoms with E-state index in [9.17, 15) is 13.2 Å². The normalized spacial score (nSPS) is 14.5. The number of carbonyl (C=O) groups is 1. The molecule has 0 aromatic heterocycles. The van der Waals surface area contributed by atoms with E-state index >= 15 is 0 Å². The van der Waals surface area contributed by atoms with Gasteiger partial charge in [-0.2, -0.15) is 0 Å². The van der Waals surface area contributed by atoms with Crippen LogP contribution in [-0.4, -0.2) is 65.5 Å². The number of anilines is 2. The van der Waals surface area contributed by atoms with Gasteiger partial charge in [-0.1, -0.05) is 0 Å². The Bertz CT molecular complexity index is 1030. The second kappa shape index (κ2) is 10.3.